The monoisotopic (exact) mass is 950 g/mol. The van der Waals surface area contributed by atoms with E-state index in [0.29, 0.717) is 0 Å². The zero-order valence-corrected chi connectivity index (χ0v) is 43.7. The van der Waals surface area contributed by atoms with E-state index >= 15 is 0 Å². The predicted molar refractivity (Wildman–Crippen MR) is 312 cm³/mol. The van der Waals surface area contributed by atoms with Crippen LogP contribution < -0.4 is 15.9 Å². The first-order chi connectivity index (χ1) is 34.3. The minimum absolute atomic E-state index is 0.144. The van der Waals surface area contributed by atoms with E-state index in [1.165, 1.54) is 116 Å². The van der Waals surface area contributed by atoms with Gasteiger partial charge in [0.1, 0.15) is 0 Å². The van der Waals surface area contributed by atoms with E-state index in [9.17, 15) is 0 Å². The van der Waals surface area contributed by atoms with Gasteiger partial charge in [-0.3, -0.25) is 0 Å². The molecule has 0 heterocycles. The zero-order chi connectivity index (χ0) is 48.7. The molecule has 0 amide bonds. The first kappa shape index (κ1) is 45.2. The molecule has 0 fully saturated rings. The molecule has 12 rings (SSSR count). The van der Waals surface area contributed by atoms with Crippen molar-refractivity contribution in [3.05, 3.63) is 302 Å². The van der Waals surface area contributed by atoms with Crippen molar-refractivity contribution >= 4 is 66.7 Å². The Bertz CT molecular complexity index is 3270. The zero-order valence-electron chi connectivity index (χ0n) is 41.6. The molecular formula is C69H60P2. The molecule has 3 aliphatic carbocycles. The molecule has 0 aliphatic heterocycles. The van der Waals surface area contributed by atoms with Crippen molar-refractivity contribution in [1.29, 1.82) is 0 Å². The van der Waals surface area contributed by atoms with Gasteiger partial charge in [0, 0.05) is 0 Å². The summed E-state index contributed by atoms with van der Waals surface area (Å²) in [6, 6.07) is 82.6. The molecule has 0 saturated heterocycles. The quantitative estimate of drug-likeness (QED) is 0.146. The summed E-state index contributed by atoms with van der Waals surface area (Å²) in [6.07, 6.45) is 7.25. The summed E-state index contributed by atoms with van der Waals surface area (Å²) in [6.45, 7) is 11.5. The maximum atomic E-state index is 3.51. The molecule has 1 atom stereocenters. The van der Waals surface area contributed by atoms with Crippen molar-refractivity contribution < 1.29 is 0 Å². The van der Waals surface area contributed by atoms with Gasteiger partial charge in [-0.2, -0.15) is 0 Å². The topological polar surface area (TPSA) is 0 Å². The van der Waals surface area contributed by atoms with Crippen LogP contribution in [0.2, 0.25) is 0 Å². The summed E-state index contributed by atoms with van der Waals surface area (Å²) in [4.78, 5) is 0. The number of fused-ring (bicyclic) bond motifs is 6. The molecule has 71 heavy (non-hydrogen) atoms. The first-order valence-corrected chi connectivity index (χ1v) is 29.0. The van der Waals surface area contributed by atoms with Crippen molar-refractivity contribution in [3.8, 4) is 0 Å². The summed E-state index contributed by atoms with van der Waals surface area (Å²) in [5, 5.41) is 4.04. The van der Waals surface area contributed by atoms with Crippen LogP contribution in [0.1, 0.15) is 125 Å². The minimum atomic E-state index is -2.72. The number of rotatable bonds is 6. The molecule has 346 valence electrons. The van der Waals surface area contributed by atoms with E-state index < -0.39 is 6.95 Å². The van der Waals surface area contributed by atoms with Crippen LogP contribution in [-0.2, 0) is 16.2 Å². The second kappa shape index (κ2) is 17.1. The second-order valence-corrected chi connectivity index (χ2v) is 27.4. The summed E-state index contributed by atoms with van der Waals surface area (Å²) in [5.41, 5.74) is 22.9. The van der Waals surface area contributed by atoms with Crippen LogP contribution in [0.25, 0.3) is 34.9 Å². The van der Waals surface area contributed by atoms with Crippen LogP contribution in [0.15, 0.2) is 218 Å². The standard InChI is InChI=1S/C69H60P2/c1-67(2)61-25-13-7-19-49(61)43-58(55-22-10-16-28-64(55)67)46-31-37-52(38-32-46)71(70,53-39-33-47(34-40-53)59-44-50-20-8-14-26-62(50)68(3,4)65-29-17-11-23-56(59)65)54-41-35-48(36-42-54)60-45-51-21-9-15-27-63(51)69(5,6)66-30-18-12-24-57(60)66/h7-45,71H,70H2,1-6H3. The molecule has 9 aromatic carbocycles. The van der Waals surface area contributed by atoms with Crippen LogP contribution in [0.3, 0.4) is 0 Å². The summed E-state index contributed by atoms with van der Waals surface area (Å²) < 4.78 is 0. The van der Waals surface area contributed by atoms with E-state index in [1.807, 2.05) is 0 Å². The SMILES string of the molecule is CC1(C)c2ccccc2C=C(c2ccc([PH](P)(c3ccc(C4=Cc5ccccc5C(C)(C)c5ccccc54)cc3)c3ccc(C4=Cc5ccccc5C(C)(C)c5ccccc54)cc3)cc2)c2ccccc21. The molecule has 0 aromatic heterocycles. The Kier molecular flexibility index (Phi) is 10.9. The molecule has 0 N–H and O–H groups in total. The molecule has 9 aromatic rings. The van der Waals surface area contributed by atoms with Crippen molar-refractivity contribution in [3.63, 3.8) is 0 Å². The van der Waals surface area contributed by atoms with Gasteiger partial charge >= 0.3 is 426 Å². The van der Waals surface area contributed by atoms with Gasteiger partial charge < -0.3 is 0 Å². The van der Waals surface area contributed by atoms with Gasteiger partial charge in [-0.25, -0.2) is 0 Å². The van der Waals surface area contributed by atoms with Crippen molar-refractivity contribution in [2.75, 3.05) is 0 Å². The fourth-order valence-electron chi connectivity index (χ4n) is 12.5. The van der Waals surface area contributed by atoms with Gasteiger partial charge in [0.25, 0.3) is 0 Å². The third-order valence-corrected chi connectivity index (χ3v) is 23.2. The molecule has 0 radical (unpaired) electrons. The van der Waals surface area contributed by atoms with Crippen LogP contribution in [0.5, 0.6) is 0 Å². The Hall–Kier alpha value is -6.94. The average molecular weight is 951 g/mol. The van der Waals surface area contributed by atoms with Crippen molar-refractivity contribution in [1.82, 2.24) is 0 Å². The average Bonchev–Trinajstić information content (AvgIpc) is 3.64. The van der Waals surface area contributed by atoms with Gasteiger partial charge in [0.05, 0.1) is 0 Å². The van der Waals surface area contributed by atoms with Gasteiger partial charge in [-0.05, 0) is 0 Å². The number of benzene rings is 9. The third kappa shape index (κ3) is 7.33. The Labute approximate surface area is 424 Å². The van der Waals surface area contributed by atoms with Crippen LogP contribution in [-0.4, -0.2) is 0 Å². The van der Waals surface area contributed by atoms with Crippen molar-refractivity contribution in [2.24, 2.45) is 0 Å². The first-order valence-electron chi connectivity index (χ1n) is 25.2. The third-order valence-electron chi connectivity index (χ3n) is 16.4. The Morgan fingerprint density at radius 2 is 0.493 bits per heavy atom. The predicted octanol–water partition coefficient (Wildman–Crippen LogP) is 16.2. The van der Waals surface area contributed by atoms with E-state index in [4.69, 9.17) is 0 Å². The summed E-state index contributed by atoms with van der Waals surface area (Å²) in [5.74, 6) is 0. The Balaban J connectivity index is 0.999. The van der Waals surface area contributed by atoms with E-state index in [2.05, 4.69) is 287 Å². The van der Waals surface area contributed by atoms with Crippen molar-refractivity contribution in [2.45, 2.75) is 57.8 Å². The fourth-order valence-corrected chi connectivity index (χ4v) is 17.3. The van der Waals surface area contributed by atoms with Gasteiger partial charge in [0.15, 0.2) is 0 Å². The molecule has 0 saturated carbocycles. The number of hydrogen-bond donors (Lipinski definition) is 0. The van der Waals surface area contributed by atoms with Gasteiger partial charge in [-0.15, -0.1) is 0 Å². The van der Waals surface area contributed by atoms with E-state index in [-0.39, 0.29) is 16.2 Å². The fraction of sp³-hybridized carbons (Fsp3) is 0.130. The van der Waals surface area contributed by atoms with Crippen LogP contribution >= 0.6 is 15.9 Å². The maximum absolute atomic E-state index is 3.51. The van der Waals surface area contributed by atoms with Gasteiger partial charge in [0.2, 0.25) is 0 Å². The molecule has 3 aliphatic rings. The van der Waals surface area contributed by atoms with Gasteiger partial charge in [-0.1, -0.05) is 0 Å². The Morgan fingerprint density at radius 1 is 0.268 bits per heavy atom. The summed E-state index contributed by atoms with van der Waals surface area (Å²) in [7, 11) is 3.51. The normalized spacial score (nSPS) is 16.1. The van der Waals surface area contributed by atoms with E-state index in [1.54, 1.807) is 0 Å². The van der Waals surface area contributed by atoms with Crippen LogP contribution in [0, 0.1) is 0 Å². The van der Waals surface area contributed by atoms with Crippen LogP contribution in [0.4, 0.5) is 0 Å². The Morgan fingerprint density at radius 3 is 0.761 bits per heavy atom. The molecular weight excluding hydrogens is 891 g/mol. The molecule has 0 bridgehead atoms. The molecule has 0 nitrogen and oxygen atoms in total. The molecule has 0 spiro atoms. The number of hydrogen-bond acceptors (Lipinski definition) is 0. The summed E-state index contributed by atoms with van der Waals surface area (Å²) >= 11 is 0. The van der Waals surface area contributed by atoms with E-state index in [0.717, 1.165) is 0 Å². The second-order valence-electron chi connectivity index (χ2n) is 21.5. The molecule has 2 heteroatoms. The molecule has 1 unspecified atom stereocenters.